The van der Waals surface area contributed by atoms with Gasteiger partial charge >= 0.3 is 0 Å². The predicted octanol–water partition coefficient (Wildman–Crippen LogP) is 3.38. The first-order chi connectivity index (χ1) is 14.4. The fraction of sp³-hybridized carbons (Fsp3) is 0.435. The van der Waals surface area contributed by atoms with E-state index in [0.717, 1.165) is 49.8 Å². The number of carbonyl (C=O) groups excluding carboxylic acids is 1. The number of aryl methyl sites for hydroxylation is 1. The number of anilines is 1. The first-order valence-corrected chi connectivity index (χ1v) is 12.0. The zero-order chi connectivity index (χ0) is 21.2. The Balaban J connectivity index is 1.41. The predicted molar refractivity (Wildman–Crippen MR) is 116 cm³/mol. The highest BCUT2D eigenvalue weighted by molar-refractivity contribution is 7.92. The Kier molecular flexibility index (Phi) is 5.84. The van der Waals surface area contributed by atoms with Crippen LogP contribution >= 0.6 is 0 Å². The van der Waals surface area contributed by atoms with E-state index in [1.165, 1.54) is 0 Å². The van der Waals surface area contributed by atoms with Crippen LogP contribution in [0.25, 0.3) is 0 Å². The van der Waals surface area contributed by atoms with Crippen molar-refractivity contribution in [2.75, 3.05) is 17.9 Å². The van der Waals surface area contributed by atoms with E-state index in [1.54, 1.807) is 24.3 Å². The SMILES string of the molecule is CCc1ccc(S(=O)(=O)Nc2ccc(C3(C(=O)NCC4CCCO4)CC3)cc2)cc1. The van der Waals surface area contributed by atoms with E-state index >= 15 is 0 Å². The normalized spacial score (nSPS) is 20.0. The number of nitrogens with one attached hydrogen (secondary N) is 2. The Morgan fingerprint density at radius 1 is 1.10 bits per heavy atom. The van der Waals surface area contributed by atoms with E-state index in [2.05, 4.69) is 10.0 Å². The average Bonchev–Trinajstić information content (AvgIpc) is 3.40. The van der Waals surface area contributed by atoms with Crippen LogP contribution in [0.4, 0.5) is 5.69 Å². The Labute approximate surface area is 178 Å². The van der Waals surface area contributed by atoms with Crippen molar-refractivity contribution < 1.29 is 17.9 Å². The minimum Gasteiger partial charge on any atom is -0.376 e. The van der Waals surface area contributed by atoms with Gasteiger partial charge in [0.15, 0.2) is 0 Å². The largest absolute Gasteiger partial charge is 0.376 e. The zero-order valence-electron chi connectivity index (χ0n) is 17.2. The van der Waals surface area contributed by atoms with E-state index in [-0.39, 0.29) is 16.9 Å². The molecule has 2 aromatic carbocycles. The monoisotopic (exact) mass is 428 g/mol. The summed E-state index contributed by atoms with van der Waals surface area (Å²) in [6, 6.07) is 14.0. The minimum atomic E-state index is -3.65. The first-order valence-electron chi connectivity index (χ1n) is 10.6. The van der Waals surface area contributed by atoms with Crippen molar-refractivity contribution in [3.63, 3.8) is 0 Å². The Morgan fingerprint density at radius 3 is 2.37 bits per heavy atom. The van der Waals surface area contributed by atoms with Crippen molar-refractivity contribution in [1.82, 2.24) is 5.32 Å². The topological polar surface area (TPSA) is 84.5 Å². The number of rotatable bonds is 8. The van der Waals surface area contributed by atoms with Gasteiger partial charge in [-0.25, -0.2) is 8.42 Å². The van der Waals surface area contributed by atoms with Gasteiger partial charge in [0, 0.05) is 18.8 Å². The van der Waals surface area contributed by atoms with Crippen LogP contribution in [0.15, 0.2) is 53.4 Å². The summed E-state index contributed by atoms with van der Waals surface area (Å²) in [7, 11) is -3.65. The van der Waals surface area contributed by atoms with Crippen LogP contribution in [0.1, 0.15) is 43.7 Å². The van der Waals surface area contributed by atoms with E-state index in [0.29, 0.717) is 12.2 Å². The fourth-order valence-corrected chi connectivity index (χ4v) is 4.99. The third kappa shape index (κ3) is 4.37. The molecule has 7 heteroatoms. The molecule has 1 heterocycles. The third-order valence-corrected chi connectivity index (χ3v) is 7.43. The number of benzene rings is 2. The summed E-state index contributed by atoms with van der Waals surface area (Å²) in [4.78, 5) is 13.0. The Bertz CT molecular complexity index is 991. The molecule has 0 bridgehead atoms. The van der Waals surface area contributed by atoms with Crippen molar-refractivity contribution in [2.24, 2.45) is 0 Å². The lowest BCUT2D eigenvalue weighted by atomic mass is 9.94. The molecule has 0 spiro atoms. The fourth-order valence-electron chi connectivity index (χ4n) is 3.93. The van der Waals surface area contributed by atoms with Crippen molar-refractivity contribution in [3.8, 4) is 0 Å². The van der Waals surface area contributed by atoms with Gasteiger partial charge in [-0.3, -0.25) is 9.52 Å². The molecule has 6 nitrogen and oxygen atoms in total. The molecule has 1 aliphatic carbocycles. The van der Waals surface area contributed by atoms with Crippen molar-refractivity contribution in [2.45, 2.75) is 55.4 Å². The van der Waals surface area contributed by atoms with Gasteiger partial charge in [0.25, 0.3) is 10.0 Å². The van der Waals surface area contributed by atoms with Crippen molar-refractivity contribution in [3.05, 3.63) is 59.7 Å². The molecule has 2 aliphatic rings. The zero-order valence-corrected chi connectivity index (χ0v) is 18.0. The first kappa shape index (κ1) is 20.9. The van der Waals surface area contributed by atoms with Crippen LogP contribution in [0.5, 0.6) is 0 Å². The average molecular weight is 429 g/mol. The summed E-state index contributed by atoms with van der Waals surface area (Å²) < 4.78 is 33.4. The summed E-state index contributed by atoms with van der Waals surface area (Å²) in [6.07, 6.45) is 4.62. The van der Waals surface area contributed by atoms with Gasteiger partial charge in [0.2, 0.25) is 5.91 Å². The van der Waals surface area contributed by atoms with Crippen molar-refractivity contribution in [1.29, 1.82) is 0 Å². The van der Waals surface area contributed by atoms with Gasteiger partial charge in [-0.1, -0.05) is 31.2 Å². The second kappa shape index (κ2) is 8.40. The minimum absolute atomic E-state index is 0.0299. The summed E-state index contributed by atoms with van der Waals surface area (Å²) in [6.45, 7) is 3.35. The van der Waals surface area contributed by atoms with Crippen LogP contribution in [0, 0.1) is 0 Å². The molecule has 2 aromatic rings. The maximum absolute atomic E-state index is 12.8. The van der Waals surface area contributed by atoms with Gasteiger partial charge < -0.3 is 10.1 Å². The van der Waals surface area contributed by atoms with Gasteiger partial charge in [-0.05, 0) is 67.5 Å². The molecule has 0 radical (unpaired) electrons. The maximum atomic E-state index is 12.8. The lowest BCUT2D eigenvalue weighted by molar-refractivity contribution is -0.124. The molecular weight excluding hydrogens is 400 g/mol. The lowest BCUT2D eigenvalue weighted by Crippen LogP contribution is -2.39. The second-order valence-corrected chi connectivity index (χ2v) is 9.79. The molecule has 1 saturated heterocycles. The molecule has 1 saturated carbocycles. The second-order valence-electron chi connectivity index (χ2n) is 8.11. The molecule has 2 fully saturated rings. The molecule has 30 heavy (non-hydrogen) atoms. The van der Waals surface area contributed by atoms with E-state index < -0.39 is 15.4 Å². The maximum Gasteiger partial charge on any atom is 0.261 e. The van der Waals surface area contributed by atoms with Gasteiger partial charge in [0.1, 0.15) is 0 Å². The van der Waals surface area contributed by atoms with Crippen LogP contribution in [-0.4, -0.2) is 33.6 Å². The van der Waals surface area contributed by atoms with Crippen molar-refractivity contribution >= 4 is 21.6 Å². The van der Waals surface area contributed by atoms with Crippen LogP contribution in [0.3, 0.4) is 0 Å². The number of ether oxygens (including phenoxy) is 1. The van der Waals surface area contributed by atoms with Crippen LogP contribution in [-0.2, 0) is 31.4 Å². The summed E-state index contributed by atoms with van der Waals surface area (Å²) in [5, 5.41) is 3.03. The highest BCUT2D eigenvalue weighted by atomic mass is 32.2. The number of hydrogen-bond acceptors (Lipinski definition) is 4. The number of carbonyl (C=O) groups is 1. The van der Waals surface area contributed by atoms with E-state index in [4.69, 9.17) is 4.74 Å². The summed E-state index contributed by atoms with van der Waals surface area (Å²) in [5.74, 6) is 0.0299. The number of hydrogen-bond donors (Lipinski definition) is 2. The highest BCUT2D eigenvalue weighted by Gasteiger charge is 2.51. The number of amides is 1. The Morgan fingerprint density at radius 2 is 1.80 bits per heavy atom. The summed E-state index contributed by atoms with van der Waals surface area (Å²) in [5.41, 5.74) is 1.99. The molecule has 2 N–H and O–H groups in total. The number of sulfonamides is 1. The Hall–Kier alpha value is -2.38. The van der Waals surface area contributed by atoms with E-state index in [1.807, 2.05) is 31.2 Å². The lowest BCUT2D eigenvalue weighted by Gasteiger charge is -2.18. The molecule has 160 valence electrons. The smallest absolute Gasteiger partial charge is 0.261 e. The van der Waals surface area contributed by atoms with Crippen LogP contribution in [0.2, 0.25) is 0 Å². The molecule has 1 unspecified atom stereocenters. The third-order valence-electron chi connectivity index (χ3n) is 6.03. The van der Waals surface area contributed by atoms with Gasteiger partial charge in [-0.2, -0.15) is 0 Å². The molecular formula is C23H28N2O4S. The highest BCUT2D eigenvalue weighted by Crippen LogP contribution is 2.48. The molecule has 1 amide bonds. The molecule has 1 atom stereocenters. The quantitative estimate of drug-likeness (QED) is 0.675. The van der Waals surface area contributed by atoms with E-state index in [9.17, 15) is 13.2 Å². The van der Waals surface area contributed by atoms with Crippen LogP contribution < -0.4 is 10.0 Å². The molecule has 0 aromatic heterocycles. The van der Waals surface area contributed by atoms with Gasteiger partial charge in [-0.15, -0.1) is 0 Å². The summed E-state index contributed by atoms with van der Waals surface area (Å²) >= 11 is 0. The molecule has 4 rings (SSSR count). The molecule has 1 aliphatic heterocycles. The standard InChI is InChI=1S/C23H28N2O4S/c1-2-17-5-11-21(12-6-17)30(27,28)25-19-9-7-18(8-10-19)23(13-14-23)22(26)24-16-20-4-3-15-29-20/h5-12,20,25H,2-4,13-16H2,1H3,(H,24,26). The van der Waals surface area contributed by atoms with Gasteiger partial charge in [0.05, 0.1) is 16.4 Å².